The highest BCUT2D eigenvalue weighted by Gasteiger charge is 2.46. The van der Waals surface area contributed by atoms with E-state index in [1.165, 1.54) is 0 Å². The Hall–Kier alpha value is -3.39. The van der Waals surface area contributed by atoms with Crippen LogP contribution in [0, 0.1) is 0 Å². The Morgan fingerprint density at radius 1 is 1.03 bits per heavy atom. The lowest BCUT2D eigenvalue weighted by molar-refractivity contribution is -0.152. The van der Waals surface area contributed by atoms with Gasteiger partial charge in [0.05, 0.1) is 12.2 Å². The first kappa shape index (κ1) is 24.7. The van der Waals surface area contributed by atoms with Gasteiger partial charge in [-0.05, 0) is 62.3 Å². The van der Waals surface area contributed by atoms with Crippen molar-refractivity contribution in [2.75, 3.05) is 13.2 Å². The number of nitrogens with one attached hydrogen (secondary N) is 2. The molecule has 1 saturated carbocycles. The fourth-order valence-corrected chi connectivity index (χ4v) is 4.54. The minimum Gasteiger partial charge on any atom is -0.480 e. The molecule has 2 aromatic carbocycles. The van der Waals surface area contributed by atoms with E-state index < -0.39 is 35.2 Å². The first-order valence-corrected chi connectivity index (χ1v) is 11.9. The van der Waals surface area contributed by atoms with E-state index in [1.54, 1.807) is 0 Å². The monoisotopic (exact) mass is 480 g/mol. The maximum Gasteiger partial charge on any atom is 0.407 e. The molecule has 0 heterocycles. The van der Waals surface area contributed by atoms with Gasteiger partial charge < -0.3 is 25.2 Å². The van der Waals surface area contributed by atoms with Crippen molar-refractivity contribution in [3.63, 3.8) is 0 Å². The number of carbonyl (C=O) groups is 3. The van der Waals surface area contributed by atoms with Crippen LogP contribution in [0.1, 0.15) is 57.1 Å². The number of carbonyl (C=O) groups excluding carboxylic acids is 2. The summed E-state index contributed by atoms with van der Waals surface area (Å²) in [6.45, 7) is 5.49. The normalized spacial score (nSPS) is 16.9. The SMILES string of the molecule is CC(C)(C)OC[C@H](NC(=O)OCC1c2ccccc2-c2ccccc21)C(=O)NC1(C(=O)O)CCC1. The van der Waals surface area contributed by atoms with Crippen LogP contribution < -0.4 is 10.6 Å². The third-order valence-corrected chi connectivity index (χ3v) is 6.61. The topological polar surface area (TPSA) is 114 Å². The molecule has 1 fully saturated rings. The summed E-state index contributed by atoms with van der Waals surface area (Å²) < 4.78 is 11.3. The molecule has 0 saturated heterocycles. The molecule has 8 heteroatoms. The van der Waals surface area contributed by atoms with Crippen LogP contribution in [0.4, 0.5) is 4.79 Å². The second kappa shape index (κ2) is 9.70. The summed E-state index contributed by atoms with van der Waals surface area (Å²) in [6, 6.07) is 14.9. The van der Waals surface area contributed by atoms with Crippen LogP contribution in [-0.2, 0) is 19.1 Å². The first-order chi connectivity index (χ1) is 16.6. The smallest absolute Gasteiger partial charge is 0.407 e. The number of aliphatic carboxylic acids is 1. The van der Waals surface area contributed by atoms with E-state index in [9.17, 15) is 19.5 Å². The zero-order valence-corrected chi connectivity index (χ0v) is 20.3. The Bertz CT molecular complexity index is 1070. The van der Waals surface area contributed by atoms with Crippen molar-refractivity contribution >= 4 is 18.0 Å². The second-order valence-corrected chi connectivity index (χ2v) is 10.2. The molecule has 8 nitrogen and oxygen atoms in total. The van der Waals surface area contributed by atoms with Gasteiger partial charge in [0.2, 0.25) is 5.91 Å². The molecule has 2 amide bonds. The van der Waals surface area contributed by atoms with Crippen LogP contribution >= 0.6 is 0 Å². The molecule has 2 aliphatic carbocycles. The molecule has 2 aromatic rings. The van der Waals surface area contributed by atoms with Crippen molar-refractivity contribution in [2.24, 2.45) is 0 Å². The Morgan fingerprint density at radius 3 is 2.09 bits per heavy atom. The van der Waals surface area contributed by atoms with E-state index in [-0.39, 0.29) is 19.1 Å². The van der Waals surface area contributed by atoms with Crippen molar-refractivity contribution in [1.82, 2.24) is 10.6 Å². The molecule has 3 N–H and O–H groups in total. The maximum atomic E-state index is 13.0. The van der Waals surface area contributed by atoms with Gasteiger partial charge in [-0.2, -0.15) is 0 Å². The van der Waals surface area contributed by atoms with Crippen molar-refractivity contribution < 1.29 is 29.0 Å². The molecule has 2 aliphatic rings. The fraction of sp³-hybridized carbons (Fsp3) is 0.444. The van der Waals surface area contributed by atoms with Crippen LogP contribution in [-0.4, -0.2) is 53.5 Å². The summed E-state index contributed by atoms with van der Waals surface area (Å²) in [6.07, 6.45) is 0.662. The van der Waals surface area contributed by atoms with Crippen LogP contribution in [0.15, 0.2) is 48.5 Å². The molecular formula is C27H32N2O6. The van der Waals surface area contributed by atoms with Crippen LogP contribution in [0.3, 0.4) is 0 Å². The molecule has 35 heavy (non-hydrogen) atoms. The van der Waals surface area contributed by atoms with E-state index in [0.29, 0.717) is 12.8 Å². The zero-order valence-electron chi connectivity index (χ0n) is 20.3. The van der Waals surface area contributed by atoms with E-state index in [4.69, 9.17) is 9.47 Å². The van der Waals surface area contributed by atoms with Gasteiger partial charge in [-0.3, -0.25) is 4.79 Å². The highest BCUT2D eigenvalue weighted by atomic mass is 16.5. The molecule has 4 rings (SSSR count). The highest BCUT2D eigenvalue weighted by Crippen LogP contribution is 2.44. The zero-order chi connectivity index (χ0) is 25.2. The molecule has 1 atom stereocenters. The van der Waals surface area contributed by atoms with Gasteiger partial charge in [0.1, 0.15) is 18.2 Å². The standard InChI is InChI=1S/C27H32N2O6/c1-26(2,3)35-16-22(23(30)29-27(24(31)32)13-8-14-27)28-25(33)34-15-21-19-11-6-4-9-17(19)18-10-5-7-12-20(18)21/h4-7,9-12,21-22H,8,13-16H2,1-3H3,(H,28,33)(H,29,30)(H,31,32)/t22-/m0/s1. The number of carboxylic acid groups (broad SMARTS) is 1. The van der Waals surface area contributed by atoms with Gasteiger partial charge in [0.25, 0.3) is 0 Å². The molecule has 0 bridgehead atoms. The van der Waals surface area contributed by atoms with Gasteiger partial charge in [0.15, 0.2) is 0 Å². The van der Waals surface area contributed by atoms with Crippen molar-refractivity contribution in [3.05, 3.63) is 59.7 Å². The summed E-state index contributed by atoms with van der Waals surface area (Å²) in [5.41, 5.74) is 2.56. The van der Waals surface area contributed by atoms with E-state index in [2.05, 4.69) is 22.8 Å². The summed E-state index contributed by atoms with van der Waals surface area (Å²) in [4.78, 5) is 37.4. The molecule has 0 radical (unpaired) electrons. The molecule has 0 unspecified atom stereocenters. The van der Waals surface area contributed by atoms with Crippen LogP contribution in [0.2, 0.25) is 0 Å². The average Bonchev–Trinajstić information content (AvgIpc) is 3.10. The van der Waals surface area contributed by atoms with E-state index in [1.807, 2.05) is 57.2 Å². The predicted molar refractivity (Wildman–Crippen MR) is 130 cm³/mol. The molecule has 0 aliphatic heterocycles. The first-order valence-electron chi connectivity index (χ1n) is 11.9. The van der Waals surface area contributed by atoms with Gasteiger partial charge in [0, 0.05) is 5.92 Å². The lowest BCUT2D eigenvalue weighted by Crippen LogP contribution is -2.63. The molecule has 0 aromatic heterocycles. The number of alkyl carbamates (subject to hydrolysis) is 1. The quantitative estimate of drug-likeness (QED) is 0.529. The number of hydrogen-bond donors (Lipinski definition) is 3. The Balaban J connectivity index is 1.43. The number of hydrogen-bond acceptors (Lipinski definition) is 5. The largest absolute Gasteiger partial charge is 0.480 e. The summed E-state index contributed by atoms with van der Waals surface area (Å²) in [5.74, 6) is -1.80. The summed E-state index contributed by atoms with van der Waals surface area (Å²) in [7, 11) is 0. The molecule has 186 valence electrons. The van der Waals surface area contributed by atoms with E-state index >= 15 is 0 Å². The van der Waals surface area contributed by atoms with Crippen LogP contribution in [0.25, 0.3) is 11.1 Å². The predicted octanol–water partition coefficient (Wildman–Crippen LogP) is 3.83. The van der Waals surface area contributed by atoms with Gasteiger partial charge in [-0.1, -0.05) is 48.5 Å². The minimum absolute atomic E-state index is 0.105. The minimum atomic E-state index is -1.29. The Kier molecular flexibility index (Phi) is 6.85. The van der Waals surface area contributed by atoms with Crippen molar-refractivity contribution in [2.45, 2.75) is 63.1 Å². The van der Waals surface area contributed by atoms with Gasteiger partial charge in [-0.15, -0.1) is 0 Å². The lowest BCUT2D eigenvalue weighted by atomic mass is 9.76. The summed E-state index contributed by atoms with van der Waals surface area (Å²) in [5, 5.41) is 14.7. The maximum absolute atomic E-state index is 13.0. The van der Waals surface area contributed by atoms with E-state index in [0.717, 1.165) is 28.7 Å². The van der Waals surface area contributed by atoms with Crippen molar-refractivity contribution in [3.8, 4) is 11.1 Å². The van der Waals surface area contributed by atoms with Crippen LogP contribution in [0.5, 0.6) is 0 Å². The Morgan fingerprint density at radius 2 is 1.60 bits per heavy atom. The third-order valence-electron chi connectivity index (χ3n) is 6.61. The number of ether oxygens (including phenoxy) is 2. The lowest BCUT2D eigenvalue weighted by Gasteiger charge is -2.39. The number of carboxylic acids is 1. The number of amides is 2. The number of rotatable bonds is 8. The number of benzene rings is 2. The number of fused-ring (bicyclic) bond motifs is 3. The molecule has 0 spiro atoms. The van der Waals surface area contributed by atoms with Gasteiger partial charge in [-0.25, -0.2) is 9.59 Å². The average molecular weight is 481 g/mol. The molecular weight excluding hydrogens is 448 g/mol. The third kappa shape index (κ3) is 5.32. The highest BCUT2D eigenvalue weighted by molar-refractivity contribution is 5.92. The van der Waals surface area contributed by atoms with Gasteiger partial charge >= 0.3 is 12.1 Å². The Labute approximate surface area is 205 Å². The summed E-state index contributed by atoms with van der Waals surface area (Å²) >= 11 is 0. The fourth-order valence-electron chi connectivity index (χ4n) is 4.54. The second-order valence-electron chi connectivity index (χ2n) is 10.2. The van der Waals surface area contributed by atoms with Crippen molar-refractivity contribution in [1.29, 1.82) is 0 Å².